The average molecular weight is 342 g/mol. The highest BCUT2D eigenvalue weighted by Crippen LogP contribution is 2.37. The number of nitrogens with zero attached hydrogens (tertiary/aromatic N) is 2. The maximum atomic E-state index is 12.7. The highest BCUT2D eigenvalue weighted by molar-refractivity contribution is 7.19. The Morgan fingerprint density at radius 3 is 2.78 bits per heavy atom. The predicted molar refractivity (Wildman–Crippen MR) is 80.9 cm³/mol. The second-order valence-electron chi connectivity index (χ2n) is 5.39. The number of fused-ring (bicyclic) bond motifs is 1. The molecule has 1 aliphatic heterocycles. The van der Waals surface area contributed by atoms with Gasteiger partial charge in [-0.3, -0.25) is 4.79 Å². The van der Waals surface area contributed by atoms with Gasteiger partial charge in [0.05, 0.1) is 16.8 Å². The van der Waals surface area contributed by atoms with E-state index in [4.69, 9.17) is 0 Å². The van der Waals surface area contributed by atoms with Crippen molar-refractivity contribution in [2.75, 3.05) is 13.1 Å². The summed E-state index contributed by atoms with van der Waals surface area (Å²) in [5.41, 5.74) is -2.01. The molecule has 122 valence electrons. The molecule has 1 atom stereocenters. The Morgan fingerprint density at radius 1 is 1.39 bits per heavy atom. The lowest BCUT2D eigenvalue weighted by Gasteiger charge is -2.25. The van der Waals surface area contributed by atoms with Gasteiger partial charge in [0.1, 0.15) is 5.01 Å². The maximum absolute atomic E-state index is 12.7. The van der Waals surface area contributed by atoms with E-state index in [2.05, 4.69) is 4.98 Å². The van der Waals surface area contributed by atoms with Gasteiger partial charge in [0.15, 0.2) is 5.60 Å². The average Bonchev–Trinajstić information content (AvgIpc) is 3.08. The van der Waals surface area contributed by atoms with E-state index >= 15 is 0 Å². The molecule has 2 heterocycles. The molecular weight excluding hydrogens is 329 g/mol. The highest BCUT2D eigenvalue weighted by atomic mass is 32.1. The third-order valence-electron chi connectivity index (χ3n) is 3.77. The van der Waals surface area contributed by atoms with Crippen molar-refractivity contribution in [1.29, 1.82) is 0 Å². The summed E-state index contributed by atoms with van der Waals surface area (Å²) in [4.78, 5) is 17.3. The summed E-state index contributed by atoms with van der Waals surface area (Å²) in [5, 5.41) is 10.2. The topological polar surface area (TPSA) is 53.4 Å². The molecule has 1 saturated heterocycles. The number of β-amino-alcohol motifs (C(OH)–C–C–N with tert-alkyl or cyclic N) is 1. The summed E-state index contributed by atoms with van der Waals surface area (Å²) < 4.78 is 39.2. The van der Waals surface area contributed by atoms with E-state index in [0.29, 0.717) is 5.01 Å². The minimum atomic E-state index is -4.74. The number of benzene rings is 1. The van der Waals surface area contributed by atoms with Crippen LogP contribution in [0.15, 0.2) is 30.3 Å². The SMILES string of the molecule is O=C(/C=C/c1nc2ccccc2s1)N1CCC(O)(C(F)(F)F)C1. The fourth-order valence-electron chi connectivity index (χ4n) is 2.42. The molecule has 0 radical (unpaired) electrons. The molecule has 0 bridgehead atoms. The first-order valence-electron chi connectivity index (χ1n) is 6.90. The van der Waals surface area contributed by atoms with Crippen molar-refractivity contribution in [2.45, 2.75) is 18.2 Å². The Morgan fingerprint density at radius 2 is 2.13 bits per heavy atom. The number of para-hydroxylation sites is 1. The first-order chi connectivity index (χ1) is 10.8. The summed E-state index contributed by atoms with van der Waals surface area (Å²) in [6, 6.07) is 7.47. The zero-order valence-corrected chi connectivity index (χ0v) is 12.7. The number of carbonyl (C=O) groups excluding carboxylic acids is 1. The van der Waals surface area contributed by atoms with Crippen molar-refractivity contribution in [2.24, 2.45) is 0 Å². The van der Waals surface area contributed by atoms with Crippen molar-refractivity contribution in [3.05, 3.63) is 35.3 Å². The standard InChI is InChI=1S/C15H13F3N2O2S/c16-15(17,18)14(22)7-8-20(9-14)13(21)6-5-12-19-10-3-1-2-4-11(10)23-12/h1-6,22H,7-9H2/b6-5+. The molecule has 2 aromatic rings. The number of amides is 1. The van der Waals surface area contributed by atoms with Gasteiger partial charge in [-0.15, -0.1) is 11.3 Å². The predicted octanol–water partition coefficient (Wildman–Crippen LogP) is 2.84. The number of carbonyl (C=O) groups is 1. The van der Waals surface area contributed by atoms with Gasteiger partial charge in [0.2, 0.25) is 5.91 Å². The van der Waals surface area contributed by atoms with Crippen LogP contribution in [-0.2, 0) is 4.79 Å². The lowest BCUT2D eigenvalue weighted by atomic mass is 10.0. The Hall–Kier alpha value is -1.93. The molecule has 8 heteroatoms. The molecular formula is C15H13F3N2O2S. The van der Waals surface area contributed by atoms with Crippen LogP contribution in [0.2, 0.25) is 0 Å². The summed E-state index contributed by atoms with van der Waals surface area (Å²) in [5.74, 6) is -0.565. The van der Waals surface area contributed by atoms with E-state index in [1.54, 1.807) is 0 Å². The molecule has 1 unspecified atom stereocenters. The normalized spacial score (nSPS) is 22.3. The van der Waals surface area contributed by atoms with Gasteiger partial charge in [-0.25, -0.2) is 4.98 Å². The molecule has 1 N–H and O–H groups in total. The summed E-state index contributed by atoms with van der Waals surface area (Å²) in [6.45, 7) is -0.863. The monoisotopic (exact) mass is 342 g/mol. The number of thiazole rings is 1. The maximum Gasteiger partial charge on any atom is 0.419 e. The van der Waals surface area contributed by atoms with Crippen molar-refractivity contribution in [3.63, 3.8) is 0 Å². The molecule has 0 aliphatic carbocycles. The van der Waals surface area contributed by atoms with Crippen molar-refractivity contribution in [1.82, 2.24) is 9.88 Å². The molecule has 1 fully saturated rings. The molecule has 1 amide bonds. The van der Waals surface area contributed by atoms with Crippen LogP contribution in [0.1, 0.15) is 11.4 Å². The number of aromatic nitrogens is 1. The molecule has 23 heavy (non-hydrogen) atoms. The van der Waals surface area contributed by atoms with Crippen LogP contribution < -0.4 is 0 Å². The number of halogens is 3. The third-order valence-corrected chi connectivity index (χ3v) is 4.77. The largest absolute Gasteiger partial charge is 0.419 e. The molecule has 0 saturated carbocycles. The van der Waals surface area contributed by atoms with Crippen LogP contribution in [0.4, 0.5) is 13.2 Å². The Labute approximate surface area is 133 Å². The molecule has 1 aromatic heterocycles. The first kappa shape index (κ1) is 15.9. The quantitative estimate of drug-likeness (QED) is 0.854. The second kappa shape index (κ2) is 5.61. The van der Waals surface area contributed by atoms with Gasteiger partial charge in [-0.1, -0.05) is 12.1 Å². The van der Waals surface area contributed by atoms with E-state index in [-0.39, 0.29) is 6.54 Å². The van der Waals surface area contributed by atoms with Gasteiger partial charge in [0, 0.05) is 19.0 Å². The smallest absolute Gasteiger partial charge is 0.379 e. The van der Waals surface area contributed by atoms with E-state index in [0.717, 1.165) is 15.1 Å². The van der Waals surface area contributed by atoms with Gasteiger partial charge in [0.25, 0.3) is 0 Å². The van der Waals surface area contributed by atoms with Crippen LogP contribution in [0.3, 0.4) is 0 Å². The van der Waals surface area contributed by atoms with Gasteiger partial charge < -0.3 is 10.0 Å². The minimum Gasteiger partial charge on any atom is -0.379 e. The van der Waals surface area contributed by atoms with Crippen LogP contribution in [0.5, 0.6) is 0 Å². The lowest BCUT2D eigenvalue weighted by molar-refractivity contribution is -0.253. The molecule has 1 aliphatic rings. The zero-order chi connectivity index (χ0) is 16.7. The van der Waals surface area contributed by atoms with E-state index in [1.165, 1.54) is 23.5 Å². The number of alkyl halides is 3. The van der Waals surface area contributed by atoms with Crippen molar-refractivity contribution < 1.29 is 23.1 Å². The number of likely N-dealkylation sites (tertiary alicyclic amines) is 1. The second-order valence-corrected chi connectivity index (χ2v) is 6.45. The number of rotatable bonds is 2. The number of aliphatic hydroxyl groups is 1. The summed E-state index contributed by atoms with van der Waals surface area (Å²) >= 11 is 1.39. The van der Waals surface area contributed by atoms with E-state index in [9.17, 15) is 23.1 Å². The fraction of sp³-hybridized carbons (Fsp3) is 0.333. The summed E-state index contributed by atoms with van der Waals surface area (Å²) in [7, 11) is 0. The van der Waals surface area contributed by atoms with E-state index in [1.807, 2.05) is 24.3 Å². The summed E-state index contributed by atoms with van der Waals surface area (Å²) in [6.07, 6.45) is -2.56. The van der Waals surface area contributed by atoms with Gasteiger partial charge >= 0.3 is 6.18 Å². The lowest BCUT2D eigenvalue weighted by Crippen LogP contribution is -2.47. The Bertz CT molecular complexity index is 738. The van der Waals surface area contributed by atoms with Crippen LogP contribution >= 0.6 is 11.3 Å². The van der Waals surface area contributed by atoms with Crippen LogP contribution in [-0.4, -0.2) is 45.8 Å². The first-order valence-corrected chi connectivity index (χ1v) is 7.72. The molecule has 3 rings (SSSR count). The highest BCUT2D eigenvalue weighted by Gasteiger charge is 2.57. The molecule has 1 aromatic carbocycles. The van der Waals surface area contributed by atoms with Gasteiger partial charge in [-0.05, 0) is 18.2 Å². The number of hydrogen-bond acceptors (Lipinski definition) is 4. The van der Waals surface area contributed by atoms with Crippen LogP contribution in [0.25, 0.3) is 16.3 Å². The van der Waals surface area contributed by atoms with Crippen molar-refractivity contribution in [3.8, 4) is 0 Å². The minimum absolute atomic E-state index is 0.126. The zero-order valence-electron chi connectivity index (χ0n) is 11.9. The Kier molecular flexibility index (Phi) is 3.89. The van der Waals surface area contributed by atoms with Gasteiger partial charge in [-0.2, -0.15) is 13.2 Å². The molecule has 0 spiro atoms. The molecule has 4 nitrogen and oxygen atoms in total. The number of hydrogen-bond donors (Lipinski definition) is 1. The fourth-order valence-corrected chi connectivity index (χ4v) is 3.29. The third kappa shape index (κ3) is 3.09. The van der Waals surface area contributed by atoms with Crippen molar-refractivity contribution >= 4 is 33.5 Å². The van der Waals surface area contributed by atoms with E-state index < -0.39 is 30.7 Å². The van der Waals surface area contributed by atoms with Crippen LogP contribution in [0, 0.1) is 0 Å². The Balaban J connectivity index is 1.70.